The molecule has 0 aromatic carbocycles. The Bertz CT molecular complexity index is 1230. The molecule has 0 aromatic heterocycles. The Labute approximate surface area is 232 Å². The minimum atomic E-state index is -0.0703. The van der Waals surface area contributed by atoms with Crippen molar-refractivity contribution in [1.82, 2.24) is 5.32 Å². The van der Waals surface area contributed by atoms with Crippen LogP contribution in [0.2, 0.25) is 0 Å². The van der Waals surface area contributed by atoms with E-state index < -0.39 is 0 Å². The third kappa shape index (κ3) is 29.5. The molecule has 0 aliphatic heterocycles. The monoisotopic (exact) mass is 499 g/mol. The van der Waals surface area contributed by atoms with Gasteiger partial charge in [-0.3, -0.25) is 10.1 Å². The van der Waals surface area contributed by atoms with Gasteiger partial charge >= 0.3 is 0 Å². The summed E-state index contributed by atoms with van der Waals surface area (Å²) in [5.41, 5.74) is 0. The first kappa shape index (κ1) is 33.5. The van der Waals surface area contributed by atoms with Crippen molar-refractivity contribution in [3.8, 4) is 107 Å². The zero-order chi connectivity index (χ0) is 27.6. The molecule has 0 aliphatic rings. The van der Waals surface area contributed by atoms with E-state index in [1.807, 2.05) is 0 Å². The smallest absolute Gasteiger partial charge is 0.231 e. The van der Waals surface area contributed by atoms with E-state index >= 15 is 0 Å². The molecule has 0 radical (unpaired) electrons. The molecule has 0 fully saturated rings. The van der Waals surface area contributed by atoms with Gasteiger partial charge in [-0.1, -0.05) is 96.8 Å². The second-order valence-corrected chi connectivity index (χ2v) is 8.39. The molecular formula is C36H37NO. The topological polar surface area (TPSA) is 29.1 Å². The minimum absolute atomic E-state index is 0.0703. The first-order valence-electron chi connectivity index (χ1n) is 13.6. The van der Waals surface area contributed by atoms with Crippen molar-refractivity contribution in [2.24, 2.45) is 0 Å². The average Bonchev–Trinajstić information content (AvgIpc) is 2.92. The van der Waals surface area contributed by atoms with Crippen LogP contribution < -0.4 is 5.32 Å². The van der Waals surface area contributed by atoms with Gasteiger partial charge in [-0.2, -0.15) is 0 Å². The molecule has 0 spiro atoms. The maximum Gasteiger partial charge on any atom is 0.231 e. The Morgan fingerprint density at radius 2 is 0.789 bits per heavy atom. The molecule has 38 heavy (non-hydrogen) atoms. The van der Waals surface area contributed by atoms with Crippen LogP contribution in [-0.4, -0.2) is 5.91 Å². The predicted molar refractivity (Wildman–Crippen MR) is 159 cm³/mol. The molecule has 0 saturated heterocycles. The summed E-state index contributed by atoms with van der Waals surface area (Å²) >= 11 is 0. The number of amides is 1. The molecule has 0 atom stereocenters. The van der Waals surface area contributed by atoms with Crippen LogP contribution in [0.5, 0.6) is 0 Å². The van der Waals surface area contributed by atoms with Crippen molar-refractivity contribution >= 4 is 5.91 Å². The van der Waals surface area contributed by atoms with Crippen LogP contribution in [-0.2, 0) is 4.79 Å². The van der Waals surface area contributed by atoms with Crippen LogP contribution in [0.15, 0.2) is 0 Å². The van der Waals surface area contributed by atoms with Gasteiger partial charge in [-0.15, -0.1) is 6.42 Å². The van der Waals surface area contributed by atoms with Crippen LogP contribution in [0.1, 0.15) is 110 Å². The number of hydrogen-bond donors (Lipinski definition) is 1. The van der Waals surface area contributed by atoms with Gasteiger partial charge in [0.1, 0.15) is 0 Å². The molecule has 0 aromatic rings. The first-order valence-corrected chi connectivity index (χ1v) is 13.6. The number of nitrogens with one attached hydrogen (secondary N) is 1. The van der Waals surface area contributed by atoms with Crippen molar-refractivity contribution in [1.29, 1.82) is 0 Å². The summed E-state index contributed by atoms with van der Waals surface area (Å²) in [4.78, 5) is 11.8. The van der Waals surface area contributed by atoms with Gasteiger partial charge in [-0.05, 0) is 53.8 Å². The van der Waals surface area contributed by atoms with Gasteiger partial charge < -0.3 is 0 Å². The Morgan fingerprint density at radius 1 is 0.474 bits per heavy atom. The molecule has 0 unspecified atom stereocenters. The third-order valence-corrected chi connectivity index (χ3v) is 5.22. The number of carbonyl (C=O) groups is 1. The van der Waals surface area contributed by atoms with E-state index in [1.54, 1.807) is 0 Å². The van der Waals surface area contributed by atoms with Gasteiger partial charge in [0.25, 0.3) is 0 Å². The highest BCUT2D eigenvalue weighted by atomic mass is 16.1. The van der Waals surface area contributed by atoms with Crippen LogP contribution in [0.3, 0.4) is 0 Å². The fraction of sp³-hybridized carbons (Fsp3) is 0.472. The molecule has 2 nitrogen and oxygen atoms in total. The van der Waals surface area contributed by atoms with E-state index in [2.05, 4.69) is 113 Å². The Kier molecular flexibility index (Phi) is 26.9. The summed E-state index contributed by atoms with van der Waals surface area (Å²) in [5.74, 6) is 39.5. The lowest BCUT2D eigenvalue weighted by atomic mass is 10.0. The van der Waals surface area contributed by atoms with Gasteiger partial charge in [-0.25, -0.2) is 0 Å². The van der Waals surface area contributed by atoms with E-state index in [0.717, 1.165) is 12.8 Å². The largest absolute Gasteiger partial charge is 0.284 e. The molecular weight excluding hydrogens is 462 g/mol. The van der Waals surface area contributed by atoms with E-state index in [4.69, 9.17) is 6.42 Å². The van der Waals surface area contributed by atoms with E-state index in [1.165, 1.54) is 83.5 Å². The third-order valence-electron chi connectivity index (χ3n) is 5.22. The van der Waals surface area contributed by atoms with Gasteiger partial charge in [0.05, 0.1) is 0 Å². The second-order valence-electron chi connectivity index (χ2n) is 8.39. The first-order chi connectivity index (χ1) is 18.8. The summed E-state index contributed by atoms with van der Waals surface area (Å²) in [5, 5.41) is 2.55. The van der Waals surface area contributed by atoms with E-state index in [9.17, 15) is 4.79 Å². The fourth-order valence-electron chi connectivity index (χ4n) is 3.29. The number of unbranched alkanes of at least 4 members (excludes halogenated alkanes) is 14. The quantitative estimate of drug-likeness (QED) is 0.158. The highest BCUT2D eigenvalue weighted by molar-refractivity contribution is 5.77. The molecule has 192 valence electrons. The van der Waals surface area contributed by atoms with Crippen molar-refractivity contribution in [3.63, 3.8) is 0 Å². The lowest BCUT2D eigenvalue weighted by Crippen LogP contribution is -2.16. The molecule has 0 rings (SSSR count). The van der Waals surface area contributed by atoms with Crippen molar-refractivity contribution in [2.75, 3.05) is 0 Å². The average molecular weight is 500 g/mol. The molecule has 2 heteroatoms. The maximum atomic E-state index is 11.8. The standard InChI is InChI=1S/C36H37NO/c1-3-5-7-9-11-13-15-17-19-21-23-25-27-29-31-33-35-37-36(38)34-32-30-28-26-24-22-20-18-16-14-12-10-8-6-4-2/h1H,4,6,8,10,12,14,16,18,20,22,24,26,28,30,32,34H2,2H3,(H,37,38). The van der Waals surface area contributed by atoms with Crippen molar-refractivity contribution in [3.05, 3.63) is 0 Å². The number of rotatable bonds is 16. The Morgan fingerprint density at radius 3 is 1.16 bits per heavy atom. The summed E-state index contributed by atoms with van der Waals surface area (Å²) in [7, 11) is 0. The SMILES string of the molecule is C#CC#CC#CC#CC#CC#CC#CC#CC#CNC(=O)CCCCCCCCCCCCCCCCC. The lowest BCUT2D eigenvalue weighted by molar-refractivity contribution is -0.120. The van der Waals surface area contributed by atoms with Crippen LogP contribution in [0.4, 0.5) is 0 Å². The predicted octanol–water partition coefficient (Wildman–Crippen LogP) is 5.98. The van der Waals surface area contributed by atoms with E-state index in [-0.39, 0.29) is 5.91 Å². The highest BCUT2D eigenvalue weighted by Crippen LogP contribution is 2.13. The summed E-state index contributed by atoms with van der Waals surface area (Å²) in [6.45, 7) is 2.27. The lowest BCUT2D eigenvalue weighted by Gasteiger charge is -2.03. The minimum Gasteiger partial charge on any atom is -0.284 e. The number of carbonyl (C=O) groups excluding carboxylic acids is 1. The molecule has 0 saturated carbocycles. The summed E-state index contributed by atoms with van der Waals surface area (Å²) in [6, 6.07) is 2.54. The molecule has 0 heterocycles. The van der Waals surface area contributed by atoms with Gasteiger partial charge in [0, 0.05) is 59.8 Å². The zero-order valence-corrected chi connectivity index (χ0v) is 22.8. The van der Waals surface area contributed by atoms with Crippen molar-refractivity contribution < 1.29 is 4.79 Å². The van der Waals surface area contributed by atoms with Gasteiger partial charge in [0.15, 0.2) is 0 Å². The van der Waals surface area contributed by atoms with Crippen molar-refractivity contribution in [2.45, 2.75) is 110 Å². The Hall–Kier alpha value is -4.49. The molecule has 0 bridgehead atoms. The zero-order valence-electron chi connectivity index (χ0n) is 22.8. The molecule has 0 aliphatic carbocycles. The Balaban J connectivity index is 3.74. The summed E-state index contributed by atoms with van der Waals surface area (Å²) in [6.07, 6.45) is 25.0. The van der Waals surface area contributed by atoms with Crippen LogP contribution in [0.25, 0.3) is 0 Å². The number of hydrogen-bond acceptors (Lipinski definition) is 1. The maximum absolute atomic E-state index is 11.8. The number of terminal acetylenes is 1. The second kappa shape index (κ2) is 30.5. The highest BCUT2D eigenvalue weighted by Gasteiger charge is 1.99. The fourth-order valence-corrected chi connectivity index (χ4v) is 3.29. The van der Waals surface area contributed by atoms with Crippen LogP contribution in [0, 0.1) is 107 Å². The van der Waals surface area contributed by atoms with Crippen LogP contribution >= 0.6 is 0 Å². The molecule has 1 amide bonds. The molecule has 1 N–H and O–H groups in total. The summed E-state index contributed by atoms with van der Waals surface area (Å²) < 4.78 is 0. The van der Waals surface area contributed by atoms with Gasteiger partial charge in [0.2, 0.25) is 5.91 Å². The normalized spacial score (nSPS) is 7.68. The van der Waals surface area contributed by atoms with E-state index in [0.29, 0.717) is 6.42 Å².